The van der Waals surface area contributed by atoms with Crippen LogP contribution in [0.4, 0.5) is 0 Å². The third-order valence-corrected chi connectivity index (χ3v) is 3.75. The van der Waals surface area contributed by atoms with Crippen LogP contribution in [0.25, 0.3) is 10.9 Å². The third-order valence-electron chi connectivity index (χ3n) is 3.50. The van der Waals surface area contributed by atoms with Gasteiger partial charge in [-0.1, -0.05) is 23.7 Å². The molecule has 0 saturated carbocycles. The fourth-order valence-electron chi connectivity index (χ4n) is 2.30. The fourth-order valence-corrected chi connectivity index (χ4v) is 2.43. The Morgan fingerprint density at radius 3 is 2.73 bits per heavy atom. The van der Waals surface area contributed by atoms with Gasteiger partial charge >= 0.3 is 0 Å². The van der Waals surface area contributed by atoms with E-state index in [1.807, 2.05) is 30.3 Å². The third kappa shape index (κ3) is 2.92. The molecule has 0 spiro atoms. The van der Waals surface area contributed by atoms with Gasteiger partial charge in [-0.3, -0.25) is 4.79 Å². The van der Waals surface area contributed by atoms with Crippen molar-refractivity contribution in [1.82, 2.24) is 10.3 Å². The topological polar surface area (TPSA) is 54.1 Å². The van der Waals surface area contributed by atoms with Crippen molar-refractivity contribution >= 4 is 28.4 Å². The Hall–Kier alpha value is -2.46. The maximum absolute atomic E-state index is 12.3. The van der Waals surface area contributed by atoms with E-state index in [-0.39, 0.29) is 5.91 Å². The molecule has 0 saturated heterocycles. The van der Waals surface area contributed by atoms with Gasteiger partial charge in [-0.2, -0.15) is 0 Å². The molecule has 5 heteroatoms. The normalized spacial score (nSPS) is 10.6. The zero-order chi connectivity index (χ0) is 15.5. The molecule has 0 radical (unpaired) electrons. The van der Waals surface area contributed by atoms with Gasteiger partial charge in [0.25, 0.3) is 5.91 Å². The summed E-state index contributed by atoms with van der Waals surface area (Å²) in [5.74, 6) is 0.633. The van der Waals surface area contributed by atoms with E-state index in [0.29, 0.717) is 17.1 Å². The second kappa shape index (κ2) is 6.12. The summed E-state index contributed by atoms with van der Waals surface area (Å²) in [4.78, 5) is 15.4. The number of halogens is 1. The standard InChI is InChI=1S/C17H15ClN2O2/c1-22-13-6-7-14-15(10-19-16(14)8-13)17(21)20-9-11-2-4-12(18)5-3-11/h2-8,10,19H,9H2,1H3,(H,20,21). The second-order valence-electron chi connectivity index (χ2n) is 4.92. The van der Waals surface area contributed by atoms with Crippen LogP contribution in [-0.2, 0) is 6.54 Å². The Bertz CT molecular complexity index is 809. The van der Waals surface area contributed by atoms with Gasteiger partial charge in [0.1, 0.15) is 5.75 Å². The van der Waals surface area contributed by atoms with Crippen LogP contribution in [0.5, 0.6) is 5.75 Å². The quantitative estimate of drug-likeness (QED) is 0.770. The van der Waals surface area contributed by atoms with Crippen LogP contribution in [0, 0.1) is 0 Å². The predicted molar refractivity (Wildman–Crippen MR) is 87.5 cm³/mol. The number of hydrogen-bond acceptors (Lipinski definition) is 2. The molecule has 0 aliphatic heterocycles. The van der Waals surface area contributed by atoms with Crippen molar-refractivity contribution < 1.29 is 9.53 Å². The molecule has 0 fully saturated rings. The summed E-state index contributed by atoms with van der Waals surface area (Å²) in [6, 6.07) is 13.0. The van der Waals surface area contributed by atoms with Gasteiger partial charge in [0, 0.05) is 34.7 Å². The highest BCUT2D eigenvalue weighted by molar-refractivity contribution is 6.30. The molecule has 0 bridgehead atoms. The highest BCUT2D eigenvalue weighted by Gasteiger charge is 2.12. The van der Waals surface area contributed by atoms with Crippen molar-refractivity contribution in [3.63, 3.8) is 0 Å². The minimum absolute atomic E-state index is 0.119. The molecule has 0 atom stereocenters. The van der Waals surface area contributed by atoms with Crippen LogP contribution < -0.4 is 10.1 Å². The van der Waals surface area contributed by atoms with Crippen LogP contribution in [0.3, 0.4) is 0 Å². The van der Waals surface area contributed by atoms with E-state index in [9.17, 15) is 4.79 Å². The summed E-state index contributed by atoms with van der Waals surface area (Å²) < 4.78 is 5.18. The predicted octanol–water partition coefficient (Wildman–Crippen LogP) is 3.76. The van der Waals surface area contributed by atoms with Gasteiger partial charge in [-0.05, 0) is 29.8 Å². The van der Waals surface area contributed by atoms with Crippen molar-refractivity contribution in [2.75, 3.05) is 7.11 Å². The Morgan fingerprint density at radius 2 is 2.00 bits per heavy atom. The van der Waals surface area contributed by atoms with E-state index >= 15 is 0 Å². The maximum atomic E-state index is 12.3. The van der Waals surface area contributed by atoms with Crippen molar-refractivity contribution in [2.24, 2.45) is 0 Å². The van der Waals surface area contributed by atoms with Crippen LogP contribution in [-0.4, -0.2) is 18.0 Å². The highest BCUT2D eigenvalue weighted by Crippen LogP contribution is 2.23. The average Bonchev–Trinajstić information content (AvgIpc) is 2.97. The van der Waals surface area contributed by atoms with E-state index in [1.54, 1.807) is 25.4 Å². The lowest BCUT2D eigenvalue weighted by Crippen LogP contribution is -2.22. The number of aromatic nitrogens is 1. The lowest BCUT2D eigenvalue weighted by Gasteiger charge is -2.05. The largest absolute Gasteiger partial charge is 0.497 e. The van der Waals surface area contributed by atoms with Crippen molar-refractivity contribution in [3.8, 4) is 5.75 Å². The summed E-state index contributed by atoms with van der Waals surface area (Å²) >= 11 is 5.84. The number of H-pyrrole nitrogens is 1. The van der Waals surface area contributed by atoms with Crippen LogP contribution in [0.2, 0.25) is 5.02 Å². The van der Waals surface area contributed by atoms with Gasteiger partial charge in [0.05, 0.1) is 12.7 Å². The summed E-state index contributed by atoms with van der Waals surface area (Å²) in [6.45, 7) is 0.457. The first-order valence-electron chi connectivity index (χ1n) is 6.85. The van der Waals surface area contributed by atoms with Gasteiger partial charge in [-0.15, -0.1) is 0 Å². The van der Waals surface area contributed by atoms with Gasteiger partial charge in [0.15, 0.2) is 0 Å². The Labute approximate surface area is 133 Å². The molecular formula is C17H15ClN2O2. The Kier molecular flexibility index (Phi) is 4.02. The molecule has 112 valence electrons. The van der Waals surface area contributed by atoms with E-state index in [1.165, 1.54) is 0 Å². The van der Waals surface area contributed by atoms with Gasteiger partial charge < -0.3 is 15.0 Å². The van der Waals surface area contributed by atoms with E-state index in [2.05, 4.69) is 10.3 Å². The number of rotatable bonds is 4. The molecule has 0 aliphatic carbocycles. The smallest absolute Gasteiger partial charge is 0.253 e. The number of carbonyl (C=O) groups is 1. The van der Waals surface area contributed by atoms with Crippen LogP contribution in [0.1, 0.15) is 15.9 Å². The maximum Gasteiger partial charge on any atom is 0.253 e. The van der Waals surface area contributed by atoms with E-state index < -0.39 is 0 Å². The van der Waals surface area contributed by atoms with E-state index in [0.717, 1.165) is 22.2 Å². The van der Waals surface area contributed by atoms with E-state index in [4.69, 9.17) is 16.3 Å². The number of nitrogens with one attached hydrogen (secondary N) is 2. The Morgan fingerprint density at radius 1 is 1.23 bits per heavy atom. The second-order valence-corrected chi connectivity index (χ2v) is 5.36. The van der Waals surface area contributed by atoms with Crippen LogP contribution >= 0.6 is 11.6 Å². The van der Waals surface area contributed by atoms with Gasteiger partial charge in [0.2, 0.25) is 0 Å². The molecule has 3 aromatic rings. The summed E-state index contributed by atoms with van der Waals surface area (Å²) in [7, 11) is 1.61. The first-order chi connectivity index (χ1) is 10.7. The zero-order valence-corrected chi connectivity index (χ0v) is 12.8. The van der Waals surface area contributed by atoms with Gasteiger partial charge in [-0.25, -0.2) is 0 Å². The average molecular weight is 315 g/mol. The van der Waals surface area contributed by atoms with Crippen molar-refractivity contribution in [3.05, 3.63) is 64.8 Å². The molecule has 1 amide bonds. The number of carbonyl (C=O) groups excluding carboxylic acids is 1. The molecule has 1 aromatic heterocycles. The summed E-state index contributed by atoms with van der Waals surface area (Å²) in [5, 5.41) is 4.46. The molecule has 2 aromatic carbocycles. The highest BCUT2D eigenvalue weighted by atomic mass is 35.5. The molecule has 3 rings (SSSR count). The monoisotopic (exact) mass is 314 g/mol. The number of benzene rings is 2. The summed E-state index contributed by atoms with van der Waals surface area (Å²) in [5.41, 5.74) is 2.49. The number of aromatic amines is 1. The lowest BCUT2D eigenvalue weighted by atomic mass is 10.1. The number of methoxy groups -OCH3 is 1. The van der Waals surface area contributed by atoms with Crippen molar-refractivity contribution in [2.45, 2.75) is 6.54 Å². The number of amides is 1. The molecule has 4 nitrogen and oxygen atoms in total. The number of fused-ring (bicyclic) bond motifs is 1. The first kappa shape index (κ1) is 14.5. The molecule has 22 heavy (non-hydrogen) atoms. The minimum Gasteiger partial charge on any atom is -0.497 e. The first-order valence-corrected chi connectivity index (χ1v) is 7.23. The minimum atomic E-state index is -0.119. The summed E-state index contributed by atoms with van der Waals surface area (Å²) in [6.07, 6.45) is 1.71. The zero-order valence-electron chi connectivity index (χ0n) is 12.0. The van der Waals surface area contributed by atoms with Crippen LogP contribution in [0.15, 0.2) is 48.7 Å². The number of ether oxygens (including phenoxy) is 1. The fraction of sp³-hybridized carbons (Fsp3) is 0.118. The lowest BCUT2D eigenvalue weighted by molar-refractivity contribution is 0.0952. The molecule has 1 heterocycles. The molecule has 2 N–H and O–H groups in total. The Balaban J connectivity index is 1.76. The SMILES string of the molecule is COc1ccc2c(C(=O)NCc3ccc(Cl)cc3)c[nH]c2c1. The molecular weight excluding hydrogens is 300 g/mol. The molecule has 0 unspecified atom stereocenters. The van der Waals surface area contributed by atoms with Crippen molar-refractivity contribution in [1.29, 1.82) is 0 Å². The number of hydrogen-bond donors (Lipinski definition) is 2. The molecule has 0 aliphatic rings.